The highest BCUT2D eigenvalue weighted by atomic mass is 32.1. The third kappa shape index (κ3) is 5.56. The van der Waals surface area contributed by atoms with E-state index in [1.807, 2.05) is 68.4 Å². The van der Waals surface area contributed by atoms with Gasteiger partial charge in [0.2, 0.25) is 0 Å². The van der Waals surface area contributed by atoms with Crippen LogP contribution in [0.25, 0.3) is 6.08 Å². The number of aromatic nitrogens is 1. The van der Waals surface area contributed by atoms with E-state index >= 15 is 0 Å². The van der Waals surface area contributed by atoms with Gasteiger partial charge in [-0.2, -0.15) is 0 Å². The lowest BCUT2D eigenvalue weighted by Gasteiger charge is -2.32. The van der Waals surface area contributed by atoms with Crippen molar-refractivity contribution in [2.24, 2.45) is 0 Å². The van der Waals surface area contributed by atoms with Crippen molar-refractivity contribution in [2.45, 2.75) is 79.1 Å². The largest absolute Gasteiger partial charge is 0.492 e. The molecule has 1 fully saturated rings. The maximum atomic E-state index is 12.1. The van der Waals surface area contributed by atoms with Gasteiger partial charge >= 0.3 is 13.2 Å². The maximum Gasteiger partial charge on any atom is 0.492 e. The minimum absolute atomic E-state index is 0.253. The molecule has 0 aliphatic carbocycles. The van der Waals surface area contributed by atoms with Crippen molar-refractivity contribution in [3.8, 4) is 0 Å². The summed E-state index contributed by atoms with van der Waals surface area (Å²) < 4.78 is 17.7. The number of ether oxygens (including phenoxy) is 1. The van der Waals surface area contributed by atoms with Gasteiger partial charge in [-0.15, -0.1) is 11.3 Å². The van der Waals surface area contributed by atoms with Crippen LogP contribution in [0.1, 0.15) is 64.0 Å². The van der Waals surface area contributed by atoms with E-state index in [2.05, 4.69) is 10.3 Å². The van der Waals surface area contributed by atoms with Crippen molar-refractivity contribution < 1.29 is 18.8 Å². The third-order valence-corrected chi connectivity index (χ3v) is 5.77. The Kier molecular flexibility index (Phi) is 6.14. The summed E-state index contributed by atoms with van der Waals surface area (Å²) in [5.74, 6) is 0. The Morgan fingerprint density at radius 3 is 2.22 bits per heavy atom. The number of nitrogens with one attached hydrogen (secondary N) is 1. The van der Waals surface area contributed by atoms with Crippen LogP contribution in [0, 0.1) is 13.8 Å². The van der Waals surface area contributed by atoms with Crippen molar-refractivity contribution in [1.29, 1.82) is 0 Å². The van der Waals surface area contributed by atoms with E-state index in [-0.39, 0.29) is 6.54 Å². The second kappa shape index (κ2) is 7.56. The van der Waals surface area contributed by atoms with Crippen molar-refractivity contribution in [3.63, 3.8) is 0 Å². The Bertz CT molecular complexity index is 699. The summed E-state index contributed by atoms with van der Waals surface area (Å²) in [6, 6.07) is 0. The first-order valence-corrected chi connectivity index (χ1v) is 9.99. The highest BCUT2D eigenvalue weighted by Gasteiger charge is 2.52. The highest BCUT2D eigenvalue weighted by Crippen LogP contribution is 2.39. The zero-order valence-corrected chi connectivity index (χ0v) is 18.7. The van der Waals surface area contributed by atoms with Gasteiger partial charge in [-0.1, -0.05) is 0 Å². The molecule has 2 rings (SSSR count). The van der Waals surface area contributed by atoms with Gasteiger partial charge in [0, 0.05) is 11.4 Å². The molecule has 1 N–H and O–H groups in total. The van der Waals surface area contributed by atoms with E-state index in [0.717, 1.165) is 21.1 Å². The average molecular weight is 394 g/mol. The Balaban J connectivity index is 2.23. The molecule has 150 valence electrons. The molecule has 0 unspecified atom stereocenters. The molecule has 8 heteroatoms. The molecule has 0 atom stereocenters. The minimum atomic E-state index is -0.561. The van der Waals surface area contributed by atoms with E-state index in [1.165, 1.54) is 0 Å². The zero-order valence-electron chi connectivity index (χ0n) is 17.9. The van der Waals surface area contributed by atoms with Gasteiger partial charge in [0.15, 0.2) is 0 Å². The van der Waals surface area contributed by atoms with Gasteiger partial charge in [-0.25, -0.2) is 9.78 Å². The van der Waals surface area contributed by atoms with Gasteiger partial charge in [-0.3, -0.25) is 0 Å². The van der Waals surface area contributed by atoms with Crippen LogP contribution in [0.3, 0.4) is 0 Å². The quantitative estimate of drug-likeness (QED) is 0.771. The van der Waals surface area contributed by atoms with Gasteiger partial charge in [0.25, 0.3) is 0 Å². The molecule has 1 aromatic rings. The fourth-order valence-electron chi connectivity index (χ4n) is 2.40. The van der Waals surface area contributed by atoms with Crippen molar-refractivity contribution in [1.82, 2.24) is 10.3 Å². The van der Waals surface area contributed by atoms with Crippen LogP contribution in [0.2, 0.25) is 0 Å². The number of carbonyl (C=O) groups excluding carboxylic acids is 1. The molecule has 2 heterocycles. The highest BCUT2D eigenvalue weighted by molar-refractivity contribution is 7.12. The minimum Gasteiger partial charge on any atom is -0.444 e. The molecule has 27 heavy (non-hydrogen) atoms. The van der Waals surface area contributed by atoms with Crippen LogP contribution in [-0.2, 0) is 14.0 Å². The number of nitrogens with zero attached hydrogens (tertiary/aromatic N) is 1. The van der Waals surface area contributed by atoms with E-state index < -0.39 is 30.0 Å². The Hall–Kier alpha value is -1.38. The van der Waals surface area contributed by atoms with Crippen LogP contribution < -0.4 is 5.32 Å². The Morgan fingerprint density at radius 1 is 1.22 bits per heavy atom. The standard InChI is InChI=1S/C19H31BN2O4S/c1-12-13(2)27-15(22-12)10-14(11-21-16(23)24-17(3,4)5)20-25-18(6,7)19(8,9)26-20/h10H,11H2,1-9H3,(H,21,23). The van der Waals surface area contributed by atoms with Crippen molar-refractivity contribution in [3.05, 3.63) is 21.1 Å². The number of hydrogen-bond donors (Lipinski definition) is 1. The molecular weight excluding hydrogens is 363 g/mol. The first kappa shape index (κ1) is 21.9. The van der Waals surface area contributed by atoms with Crippen LogP contribution in [0.4, 0.5) is 4.79 Å². The lowest BCUT2D eigenvalue weighted by atomic mass is 9.77. The van der Waals surface area contributed by atoms with E-state index in [0.29, 0.717) is 0 Å². The van der Waals surface area contributed by atoms with Crippen molar-refractivity contribution in [2.75, 3.05) is 6.54 Å². The monoisotopic (exact) mass is 394 g/mol. The molecule has 0 spiro atoms. The van der Waals surface area contributed by atoms with Crippen LogP contribution in [0.5, 0.6) is 0 Å². The number of carbonyl (C=O) groups is 1. The number of thiazole rings is 1. The number of amides is 1. The topological polar surface area (TPSA) is 69.7 Å². The summed E-state index contributed by atoms with van der Waals surface area (Å²) in [5.41, 5.74) is 0.323. The lowest BCUT2D eigenvalue weighted by molar-refractivity contribution is 0.00578. The number of aryl methyl sites for hydroxylation is 2. The lowest BCUT2D eigenvalue weighted by Crippen LogP contribution is -2.41. The van der Waals surface area contributed by atoms with Gasteiger partial charge in [0.1, 0.15) is 10.6 Å². The summed E-state index contributed by atoms with van der Waals surface area (Å²) in [5, 5.41) is 3.66. The molecule has 0 saturated carbocycles. The molecule has 0 bridgehead atoms. The summed E-state index contributed by atoms with van der Waals surface area (Å²) in [6.45, 7) is 17.8. The number of alkyl carbamates (subject to hydrolysis) is 1. The molecule has 1 aliphatic rings. The molecule has 0 aromatic carbocycles. The fraction of sp³-hybridized carbons (Fsp3) is 0.684. The van der Waals surface area contributed by atoms with Gasteiger partial charge < -0.3 is 19.4 Å². The molecule has 6 nitrogen and oxygen atoms in total. The smallest absolute Gasteiger partial charge is 0.444 e. The van der Waals surface area contributed by atoms with Crippen LogP contribution >= 0.6 is 11.3 Å². The summed E-state index contributed by atoms with van der Waals surface area (Å²) in [4.78, 5) is 17.8. The van der Waals surface area contributed by atoms with Gasteiger partial charge in [-0.05, 0) is 73.9 Å². The van der Waals surface area contributed by atoms with Crippen LogP contribution in [-0.4, -0.2) is 41.5 Å². The molecule has 1 saturated heterocycles. The predicted octanol–water partition coefficient (Wildman–Crippen LogP) is 4.30. The normalized spacial score (nSPS) is 19.3. The van der Waals surface area contributed by atoms with E-state index in [9.17, 15) is 4.79 Å². The second-order valence-electron chi connectivity index (χ2n) is 8.86. The average Bonchev–Trinajstić information content (AvgIpc) is 2.89. The molecule has 0 radical (unpaired) electrons. The van der Waals surface area contributed by atoms with Crippen LogP contribution in [0.15, 0.2) is 5.47 Å². The first-order chi connectivity index (χ1) is 12.2. The third-order valence-electron chi connectivity index (χ3n) is 4.75. The summed E-state index contributed by atoms with van der Waals surface area (Å²) in [6.07, 6.45) is 1.46. The zero-order chi connectivity index (χ0) is 20.6. The Morgan fingerprint density at radius 2 is 1.78 bits per heavy atom. The number of rotatable bonds is 4. The predicted molar refractivity (Wildman–Crippen MR) is 110 cm³/mol. The summed E-state index contributed by atoms with van der Waals surface area (Å²) in [7, 11) is -0.561. The SMILES string of the molecule is Cc1nc(C=C(CNC(=O)OC(C)(C)C)B2OC(C)(C)C(C)(C)O2)sc1C. The van der Waals surface area contributed by atoms with E-state index in [4.69, 9.17) is 14.0 Å². The molecule has 1 aliphatic heterocycles. The van der Waals surface area contributed by atoms with Gasteiger partial charge in [0.05, 0.1) is 16.9 Å². The van der Waals surface area contributed by atoms with Crippen molar-refractivity contribution >= 4 is 30.6 Å². The second-order valence-corrected chi connectivity index (χ2v) is 10.1. The summed E-state index contributed by atoms with van der Waals surface area (Å²) >= 11 is 1.60. The molecule has 1 amide bonds. The molecule has 1 aromatic heterocycles. The Labute approximate surface area is 166 Å². The first-order valence-electron chi connectivity index (χ1n) is 9.17. The molecular formula is C19H31BN2O4S. The fourth-order valence-corrected chi connectivity index (χ4v) is 3.30. The maximum absolute atomic E-state index is 12.1. The number of hydrogen-bond acceptors (Lipinski definition) is 6. The van der Waals surface area contributed by atoms with E-state index in [1.54, 1.807) is 11.3 Å².